The van der Waals surface area contributed by atoms with Gasteiger partial charge in [0.25, 0.3) is 0 Å². The fourth-order valence-electron chi connectivity index (χ4n) is 1.56. The van der Waals surface area contributed by atoms with Crippen molar-refractivity contribution in [2.45, 2.75) is 65.4 Å². The van der Waals surface area contributed by atoms with Crippen LogP contribution in [0.5, 0.6) is 0 Å². The van der Waals surface area contributed by atoms with Crippen LogP contribution in [0.1, 0.15) is 46.5 Å². The van der Waals surface area contributed by atoms with E-state index in [0.717, 1.165) is 6.71 Å². The van der Waals surface area contributed by atoms with Crippen molar-refractivity contribution in [3.8, 4) is 0 Å². The Balaban J connectivity index is 3.07. The SMILES string of the molecule is CCCCCCB(CC)CC. The van der Waals surface area contributed by atoms with E-state index in [9.17, 15) is 0 Å². The zero-order valence-corrected chi connectivity index (χ0v) is 8.53. The van der Waals surface area contributed by atoms with E-state index in [-0.39, 0.29) is 0 Å². The Morgan fingerprint density at radius 2 is 1.45 bits per heavy atom. The average Bonchev–Trinajstić information content (AvgIpc) is 2.05. The monoisotopic (exact) mass is 154 g/mol. The molecule has 0 radical (unpaired) electrons. The van der Waals surface area contributed by atoms with E-state index in [2.05, 4.69) is 20.8 Å². The molecule has 0 spiro atoms. The summed E-state index contributed by atoms with van der Waals surface area (Å²) in [4.78, 5) is 0. The standard InChI is InChI=1S/C10H23B/c1-4-7-8-9-10-11(5-2)6-3/h4-10H2,1-3H3. The highest BCUT2D eigenvalue weighted by Crippen LogP contribution is 2.11. The molecule has 0 aliphatic carbocycles. The molecular weight excluding hydrogens is 131 g/mol. The first-order valence-electron chi connectivity index (χ1n) is 5.35. The normalized spacial score (nSPS) is 10.1. The Bertz CT molecular complexity index is 67.3. The summed E-state index contributed by atoms with van der Waals surface area (Å²) in [5.41, 5.74) is 0. The fraction of sp³-hybridized carbons (Fsp3) is 1.00. The van der Waals surface area contributed by atoms with Gasteiger partial charge in [0.15, 0.2) is 0 Å². The first kappa shape index (κ1) is 11.1. The summed E-state index contributed by atoms with van der Waals surface area (Å²) in [7, 11) is 0. The summed E-state index contributed by atoms with van der Waals surface area (Å²) in [6.45, 7) is 7.91. The van der Waals surface area contributed by atoms with Gasteiger partial charge in [-0.3, -0.25) is 0 Å². The highest BCUT2D eigenvalue weighted by Gasteiger charge is 2.06. The van der Waals surface area contributed by atoms with E-state index in [1.807, 2.05) is 0 Å². The molecule has 0 saturated heterocycles. The third-order valence-corrected chi connectivity index (χ3v) is 2.62. The van der Waals surface area contributed by atoms with Crippen LogP contribution in [-0.4, -0.2) is 6.71 Å². The molecule has 1 heteroatoms. The van der Waals surface area contributed by atoms with Crippen molar-refractivity contribution < 1.29 is 0 Å². The summed E-state index contributed by atoms with van der Waals surface area (Å²) >= 11 is 0. The molecule has 0 bridgehead atoms. The predicted octanol–water partition coefficient (Wildman–Crippen LogP) is 4.10. The Labute approximate surface area is 72.8 Å². The molecule has 0 saturated carbocycles. The molecule has 0 aliphatic heterocycles. The maximum atomic E-state index is 2.31. The van der Waals surface area contributed by atoms with Crippen LogP contribution < -0.4 is 0 Å². The summed E-state index contributed by atoms with van der Waals surface area (Å²) in [6.07, 6.45) is 9.93. The largest absolute Gasteiger partial charge is 0.139 e. The number of hydrogen-bond acceptors (Lipinski definition) is 0. The van der Waals surface area contributed by atoms with Crippen molar-refractivity contribution in [3.63, 3.8) is 0 Å². The molecule has 0 aliphatic rings. The van der Waals surface area contributed by atoms with E-state index < -0.39 is 0 Å². The lowest BCUT2D eigenvalue weighted by atomic mass is 9.43. The van der Waals surface area contributed by atoms with E-state index >= 15 is 0 Å². The van der Waals surface area contributed by atoms with Crippen LogP contribution in [0.25, 0.3) is 0 Å². The van der Waals surface area contributed by atoms with Gasteiger partial charge >= 0.3 is 0 Å². The minimum Gasteiger partial charge on any atom is -0.0770 e. The summed E-state index contributed by atoms with van der Waals surface area (Å²) < 4.78 is 0. The van der Waals surface area contributed by atoms with Crippen LogP contribution in [0.2, 0.25) is 19.0 Å². The topological polar surface area (TPSA) is 0 Å². The van der Waals surface area contributed by atoms with Crippen molar-refractivity contribution in [2.24, 2.45) is 0 Å². The van der Waals surface area contributed by atoms with Crippen molar-refractivity contribution in [2.75, 3.05) is 0 Å². The molecule has 0 amide bonds. The van der Waals surface area contributed by atoms with Gasteiger partial charge < -0.3 is 0 Å². The zero-order valence-electron chi connectivity index (χ0n) is 8.53. The van der Waals surface area contributed by atoms with Crippen molar-refractivity contribution in [3.05, 3.63) is 0 Å². The van der Waals surface area contributed by atoms with Crippen molar-refractivity contribution in [1.29, 1.82) is 0 Å². The summed E-state index contributed by atoms with van der Waals surface area (Å²) in [5.74, 6) is 0. The van der Waals surface area contributed by atoms with Crippen molar-refractivity contribution >= 4 is 6.71 Å². The predicted molar refractivity (Wildman–Crippen MR) is 55.7 cm³/mol. The maximum absolute atomic E-state index is 2.31. The molecule has 0 rings (SSSR count). The second-order valence-electron chi connectivity index (χ2n) is 3.53. The molecule has 0 unspecified atom stereocenters. The minimum absolute atomic E-state index is 1.01. The molecule has 0 nitrogen and oxygen atoms in total. The van der Waals surface area contributed by atoms with Gasteiger partial charge in [0.1, 0.15) is 6.71 Å². The van der Waals surface area contributed by atoms with Crippen LogP contribution in [0.15, 0.2) is 0 Å². The molecule has 0 aromatic heterocycles. The molecule has 0 heterocycles. The van der Waals surface area contributed by atoms with Gasteiger partial charge in [-0.15, -0.1) is 0 Å². The highest BCUT2D eigenvalue weighted by molar-refractivity contribution is 6.58. The first-order valence-corrected chi connectivity index (χ1v) is 5.35. The number of hydrogen-bond donors (Lipinski definition) is 0. The van der Waals surface area contributed by atoms with E-state index in [1.54, 1.807) is 0 Å². The summed E-state index contributed by atoms with van der Waals surface area (Å²) in [5, 5.41) is 0. The van der Waals surface area contributed by atoms with Crippen LogP contribution >= 0.6 is 0 Å². The van der Waals surface area contributed by atoms with E-state index in [0.29, 0.717) is 0 Å². The van der Waals surface area contributed by atoms with E-state index in [4.69, 9.17) is 0 Å². The molecule has 0 aromatic rings. The maximum Gasteiger partial charge on any atom is 0.139 e. The molecule has 66 valence electrons. The number of unbranched alkanes of at least 4 members (excludes halogenated alkanes) is 3. The first-order chi connectivity index (χ1) is 5.35. The second-order valence-corrected chi connectivity index (χ2v) is 3.53. The van der Waals surface area contributed by atoms with Crippen LogP contribution in [0.4, 0.5) is 0 Å². The molecular formula is C10H23B. The molecule has 0 fully saturated rings. The Morgan fingerprint density at radius 1 is 0.818 bits per heavy atom. The third-order valence-electron chi connectivity index (χ3n) is 2.62. The van der Waals surface area contributed by atoms with Crippen LogP contribution in [0.3, 0.4) is 0 Å². The smallest absolute Gasteiger partial charge is 0.0770 e. The van der Waals surface area contributed by atoms with Gasteiger partial charge in [0, 0.05) is 0 Å². The van der Waals surface area contributed by atoms with Gasteiger partial charge in [-0.25, -0.2) is 0 Å². The highest BCUT2D eigenvalue weighted by atomic mass is 13.9. The van der Waals surface area contributed by atoms with Crippen LogP contribution in [-0.2, 0) is 0 Å². The Kier molecular flexibility index (Phi) is 8.21. The second kappa shape index (κ2) is 8.16. The minimum atomic E-state index is 1.01. The zero-order chi connectivity index (χ0) is 8.53. The van der Waals surface area contributed by atoms with Gasteiger partial charge in [-0.05, 0) is 0 Å². The van der Waals surface area contributed by atoms with Gasteiger partial charge in [0.2, 0.25) is 0 Å². The average molecular weight is 154 g/mol. The lowest BCUT2D eigenvalue weighted by molar-refractivity contribution is 0.697. The van der Waals surface area contributed by atoms with Gasteiger partial charge in [0.05, 0.1) is 0 Å². The molecule has 0 aromatic carbocycles. The van der Waals surface area contributed by atoms with Crippen molar-refractivity contribution in [1.82, 2.24) is 0 Å². The molecule has 0 N–H and O–H groups in total. The quantitative estimate of drug-likeness (QED) is 0.382. The Morgan fingerprint density at radius 3 is 1.91 bits per heavy atom. The van der Waals surface area contributed by atoms with Gasteiger partial charge in [-0.2, -0.15) is 0 Å². The van der Waals surface area contributed by atoms with Gasteiger partial charge in [-0.1, -0.05) is 65.4 Å². The molecule has 11 heavy (non-hydrogen) atoms. The number of rotatable bonds is 7. The van der Waals surface area contributed by atoms with Crippen LogP contribution in [0, 0.1) is 0 Å². The van der Waals surface area contributed by atoms with E-state index in [1.165, 1.54) is 44.6 Å². The fourth-order valence-corrected chi connectivity index (χ4v) is 1.56. The lowest BCUT2D eigenvalue weighted by Crippen LogP contribution is -2.07. The summed E-state index contributed by atoms with van der Waals surface area (Å²) in [6, 6.07) is 0. The molecule has 0 atom stereocenters. The third kappa shape index (κ3) is 6.46. The Hall–Kier alpha value is 0.0649. The lowest BCUT2D eigenvalue weighted by Gasteiger charge is -2.06.